The molecule has 0 radical (unpaired) electrons. The van der Waals surface area contributed by atoms with E-state index in [1.165, 1.54) is 37.4 Å². The van der Waals surface area contributed by atoms with Gasteiger partial charge in [-0.05, 0) is 36.4 Å². The topological polar surface area (TPSA) is 109 Å². The number of anilines is 3. The molecule has 0 aliphatic carbocycles. The highest BCUT2D eigenvalue weighted by molar-refractivity contribution is 7.92. The Morgan fingerprint density at radius 3 is 2.36 bits per heavy atom. The van der Waals surface area contributed by atoms with E-state index in [9.17, 15) is 13.2 Å². The van der Waals surface area contributed by atoms with Crippen molar-refractivity contribution in [1.82, 2.24) is 4.98 Å². The van der Waals surface area contributed by atoms with Gasteiger partial charge in [-0.1, -0.05) is 0 Å². The van der Waals surface area contributed by atoms with Gasteiger partial charge in [-0.25, -0.2) is 13.4 Å². The molecule has 0 spiro atoms. The monoisotopic (exact) mass is 364 g/mol. The lowest BCUT2D eigenvalue weighted by molar-refractivity contribution is -0.114. The summed E-state index contributed by atoms with van der Waals surface area (Å²) in [6.45, 7) is 2.53. The summed E-state index contributed by atoms with van der Waals surface area (Å²) in [5.74, 6) is 0.402. The molecule has 2 rings (SSSR count). The lowest BCUT2D eigenvalue weighted by atomic mass is 10.3. The van der Waals surface area contributed by atoms with Gasteiger partial charge in [0.15, 0.2) is 0 Å². The number of carbonyl (C=O) groups excluding carboxylic acids is 1. The van der Waals surface area contributed by atoms with Gasteiger partial charge in [0.2, 0.25) is 5.91 Å². The highest BCUT2D eigenvalue weighted by Crippen LogP contribution is 2.18. The van der Waals surface area contributed by atoms with Crippen molar-refractivity contribution in [1.29, 1.82) is 0 Å². The van der Waals surface area contributed by atoms with Gasteiger partial charge in [-0.15, -0.1) is 0 Å². The number of amides is 1. The number of sulfonamides is 1. The number of benzene rings is 1. The van der Waals surface area contributed by atoms with Crippen molar-refractivity contribution in [2.24, 2.45) is 0 Å². The van der Waals surface area contributed by atoms with Crippen LogP contribution in [0.15, 0.2) is 47.5 Å². The van der Waals surface area contributed by atoms with E-state index < -0.39 is 10.0 Å². The molecule has 0 atom stereocenters. The van der Waals surface area contributed by atoms with E-state index in [2.05, 4.69) is 20.3 Å². The largest absolute Gasteiger partial charge is 0.383 e. The van der Waals surface area contributed by atoms with E-state index in [0.29, 0.717) is 30.3 Å². The van der Waals surface area contributed by atoms with Crippen LogP contribution in [0.5, 0.6) is 0 Å². The average molecular weight is 364 g/mol. The summed E-state index contributed by atoms with van der Waals surface area (Å²) in [5.41, 5.74) is 0.878. The van der Waals surface area contributed by atoms with Crippen LogP contribution in [0.1, 0.15) is 6.92 Å². The maximum Gasteiger partial charge on any atom is 0.261 e. The highest BCUT2D eigenvalue weighted by atomic mass is 32.2. The SMILES string of the molecule is COCCNc1ccc(NS(=O)(=O)c2ccc(NC(C)=O)cc2)cn1. The zero-order valence-electron chi connectivity index (χ0n) is 13.9. The molecule has 0 aliphatic heterocycles. The molecule has 3 N–H and O–H groups in total. The van der Waals surface area contributed by atoms with Gasteiger partial charge in [0.05, 0.1) is 23.4 Å². The van der Waals surface area contributed by atoms with Gasteiger partial charge in [0.25, 0.3) is 10.0 Å². The standard InChI is InChI=1S/C16H20N4O4S/c1-12(21)19-13-3-6-15(7-4-13)25(22,23)20-14-5-8-16(18-11-14)17-9-10-24-2/h3-8,11,20H,9-10H2,1-2H3,(H,17,18)(H,19,21). The normalized spacial score (nSPS) is 11.0. The Labute approximate surface area is 146 Å². The number of pyridine rings is 1. The first-order chi connectivity index (χ1) is 11.9. The Hall–Kier alpha value is -2.65. The number of hydrogen-bond acceptors (Lipinski definition) is 6. The number of carbonyl (C=O) groups is 1. The predicted molar refractivity (Wildman–Crippen MR) is 96.2 cm³/mol. The minimum absolute atomic E-state index is 0.0869. The van der Waals surface area contributed by atoms with Crippen molar-refractivity contribution in [3.8, 4) is 0 Å². The van der Waals surface area contributed by atoms with Gasteiger partial charge in [-0.3, -0.25) is 9.52 Å². The molecular weight excluding hydrogens is 344 g/mol. The fourth-order valence-corrected chi connectivity index (χ4v) is 3.02. The summed E-state index contributed by atoms with van der Waals surface area (Å²) in [6, 6.07) is 9.18. The van der Waals surface area contributed by atoms with E-state index in [-0.39, 0.29) is 10.8 Å². The van der Waals surface area contributed by atoms with Crippen molar-refractivity contribution in [3.05, 3.63) is 42.6 Å². The van der Waals surface area contributed by atoms with Gasteiger partial charge >= 0.3 is 0 Å². The number of aromatic nitrogens is 1. The van der Waals surface area contributed by atoms with E-state index in [1.807, 2.05) is 0 Å². The van der Waals surface area contributed by atoms with Gasteiger partial charge in [0, 0.05) is 26.3 Å². The summed E-state index contributed by atoms with van der Waals surface area (Å²) < 4.78 is 32.1. The highest BCUT2D eigenvalue weighted by Gasteiger charge is 2.14. The van der Waals surface area contributed by atoms with E-state index in [4.69, 9.17) is 4.74 Å². The Kier molecular flexibility index (Phi) is 6.31. The van der Waals surface area contributed by atoms with Gasteiger partial charge < -0.3 is 15.4 Å². The molecule has 1 aromatic carbocycles. The minimum Gasteiger partial charge on any atom is -0.383 e. The maximum absolute atomic E-state index is 12.4. The Morgan fingerprint density at radius 1 is 1.12 bits per heavy atom. The molecular formula is C16H20N4O4S. The molecule has 1 amide bonds. The number of nitrogens with one attached hydrogen (secondary N) is 3. The van der Waals surface area contributed by atoms with Crippen molar-refractivity contribution in [2.45, 2.75) is 11.8 Å². The van der Waals surface area contributed by atoms with Crippen LogP contribution in [0.2, 0.25) is 0 Å². The summed E-state index contributed by atoms with van der Waals surface area (Å²) >= 11 is 0. The molecule has 0 aliphatic rings. The van der Waals surface area contributed by atoms with Crippen LogP contribution in [0.25, 0.3) is 0 Å². The molecule has 8 nitrogen and oxygen atoms in total. The minimum atomic E-state index is -3.74. The third-order valence-electron chi connectivity index (χ3n) is 3.11. The first-order valence-corrected chi connectivity index (χ1v) is 8.98. The van der Waals surface area contributed by atoms with Crippen LogP contribution < -0.4 is 15.4 Å². The fraction of sp³-hybridized carbons (Fsp3) is 0.250. The molecule has 0 saturated carbocycles. The van der Waals surface area contributed by atoms with Crippen LogP contribution in [0.4, 0.5) is 17.2 Å². The maximum atomic E-state index is 12.4. The molecule has 0 unspecified atom stereocenters. The van der Waals surface area contributed by atoms with Gasteiger partial charge in [0.1, 0.15) is 5.82 Å². The third kappa shape index (κ3) is 5.73. The Balaban J connectivity index is 2.03. The number of ether oxygens (including phenoxy) is 1. The molecule has 1 heterocycles. The second kappa shape index (κ2) is 8.45. The van der Waals surface area contributed by atoms with Crippen LogP contribution >= 0.6 is 0 Å². The predicted octanol–water partition coefficient (Wildman–Crippen LogP) is 1.90. The Bertz CT molecular complexity index is 805. The molecule has 25 heavy (non-hydrogen) atoms. The van der Waals surface area contributed by atoms with Gasteiger partial charge in [-0.2, -0.15) is 0 Å². The second-order valence-corrected chi connectivity index (χ2v) is 6.85. The van der Waals surface area contributed by atoms with Crippen molar-refractivity contribution >= 4 is 33.1 Å². The number of nitrogens with zero attached hydrogens (tertiary/aromatic N) is 1. The first-order valence-electron chi connectivity index (χ1n) is 7.50. The number of rotatable bonds is 8. The van der Waals surface area contributed by atoms with Crippen molar-refractivity contribution in [2.75, 3.05) is 35.6 Å². The lowest BCUT2D eigenvalue weighted by Gasteiger charge is -2.10. The number of methoxy groups -OCH3 is 1. The van der Waals surface area contributed by atoms with Crippen molar-refractivity contribution < 1.29 is 17.9 Å². The van der Waals surface area contributed by atoms with Crippen LogP contribution in [0, 0.1) is 0 Å². The summed E-state index contributed by atoms with van der Waals surface area (Å²) in [6.07, 6.45) is 1.43. The average Bonchev–Trinajstić information content (AvgIpc) is 2.56. The summed E-state index contributed by atoms with van der Waals surface area (Å²) in [5, 5.41) is 5.62. The zero-order valence-corrected chi connectivity index (χ0v) is 14.8. The summed E-state index contributed by atoms with van der Waals surface area (Å²) in [4.78, 5) is 15.2. The molecule has 0 saturated heterocycles. The molecule has 9 heteroatoms. The molecule has 2 aromatic rings. The fourth-order valence-electron chi connectivity index (χ4n) is 1.97. The molecule has 134 valence electrons. The molecule has 1 aromatic heterocycles. The van der Waals surface area contributed by atoms with Crippen molar-refractivity contribution in [3.63, 3.8) is 0 Å². The smallest absolute Gasteiger partial charge is 0.261 e. The summed E-state index contributed by atoms with van der Waals surface area (Å²) in [7, 11) is -2.13. The van der Waals surface area contributed by atoms with E-state index in [1.54, 1.807) is 19.2 Å². The van der Waals surface area contributed by atoms with E-state index in [0.717, 1.165) is 0 Å². The molecule has 0 bridgehead atoms. The first kappa shape index (κ1) is 18.7. The quantitative estimate of drug-likeness (QED) is 0.617. The lowest BCUT2D eigenvalue weighted by Crippen LogP contribution is -2.14. The number of hydrogen-bond donors (Lipinski definition) is 3. The van der Waals surface area contributed by atoms with E-state index >= 15 is 0 Å². The Morgan fingerprint density at radius 2 is 1.80 bits per heavy atom. The zero-order chi connectivity index (χ0) is 18.3. The third-order valence-corrected chi connectivity index (χ3v) is 4.51. The van der Waals surface area contributed by atoms with Crippen LogP contribution in [-0.2, 0) is 19.6 Å². The second-order valence-electron chi connectivity index (χ2n) is 5.16. The molecule has 0 fully saturated rings. The van der Waals surface area contributed by atoms with Crippen LogP contribution in [-0.4, -0.2) is 39.6 Å². The van der Waals surface area contributed by atoms with Crippen LogP contribution in [0.3, 0.4) is 0 Å².